The number of nitrogens with one attached hydrogen (secondary N) is 2. The minimum Gasteiger partial charge on any atom is -0.385 e. The van der Waals surface area contributed by atoms with Gasteiger partial charge in [0.05, 0.1) is 23.6 Å². The van der Waals surface area contributed by atoms with Crippen LogP contribution in [0.1, 0.15) is 82.6 Å². The number of piperidine rings is 3. The van der Waals surface area contributed by atoms with E-state index < -0.39 is 17.6 Å². The second kappa shape index (κ2) is 14.4. The number of carbonyl (C=O) groups excluding carboxylic acids is 3. The standard InChI is InChI=1S/C40H41N9O4/c41-20-27-21-43-39(44-22-27)45-35-9-3-29(23-42-35)28-11-15-48(16-12-28)32-5-1-26(2-6-32)24-47-17-13-40(53,14-18-47)31-4-7-33-30(19-31)25-49(38(33)52)34-8-10-36(50)46-37(34)51/h1-7,9,19,21-23,28,34,53H,8,10-18,24-25H2,(H,46,50,51)(H,42,43,44,45). The van der Waals surface area contributed by atoms with Gasteiger partial charge in [0.2, 0.25) is 17.8 Å². The summed E-state index contributed by atoms with van der Waals surface area (Å²) in [5, 5.41) is 26.1. The maximum absolute atomic E-state index is 13.1. The Hall–Kier alpha value is -5.71. The molecule has 4 aromatic rings. The van der Waals surface area contributed by atoms with Crippen LogP contribution in [0.5, 0.6) is 0 Å². The van der Waals surface area contributed by atoms with Gasteiger partial charge >= 0.3 is 0 Å². The zero-order valence-electron chi connectivity index (χ0n) is 29.4. The number of nitrogens with zero attached hydrogens (tertiary/aromatic N) is 7. The number of carbonyl (C=O) groups is 3. The Kier molecular flexibility index (Phi) is 9.32. The molecule has 8 rings (SSSR count). The quantitative estimate of drug-likeness (QED) is 0.225. The lowest BCUT2D eigenvalue weighted by Gasteiger charge is -2.39. The molecule has 3 N–H and O–H groups in total. The molecular weight excluding hydrogens is 670 g/mol. The first-order valence-electron chi connectivity index (χ1n) is 18.3. The Labute approximate surface area is 307 Å². The van der Waals surface area contributed by atoms with Crippen molar-refractivity contribution < 1.29 is 19.5 Å². The normalized spacial score (nSPS) is 20.5. The fourth-order valence-corrected chi connectivity index (χ4v) is 8.06. The van der Waals surface area contributed by atoms with Crippen molar-refractivity contribution in [1.82, 2.24) is 30.1 Å². The predicted octanol–water partition coefficient (Wildman–Crippen LogP) is 4.12. The fourth-order valence-electron chi connectivity index (χ4n) is 8.06. The summed E-state index contributed by atoms with van der Waals surface area (Å²) >= 11 is 0. The zero-order chi connectivity index (χ0) is 36.5. The first-order chi connectivity index (χ1) is 25.7. The van der Waals surface area contributed by atoms with Crippen LogP contribution in [-0.4, -0.2) is 79.8 Å². The molecule has 13 heteroatoms. The number of pyridine rings is 1. The average Bonchev–Trinajstić information content (AvgIpc) is 3.51. The van der Waals surface area contributed by atoms with Crippen molar-refractivity contribution in [1.29, 1.82) is 5.26 Å². The second-order valence-electron chi connectivity index (χ2n) is 14.5. The molecule has 1 atom stereocenters. The Morgan fingerprint density at radius 1 is 0.906 bits per heavy atom. The van der Waals surface area contributed by atoms with E-state index in [0.29, 0.717) is 54.6 Å². The van der Waals surface area contributed by atoms with Crippen molar-refractivity contribution in [2.45, 2.75) is 69.2 Å². The van der Waals surface area contributed by atoms with Crippen molar-refractivity contribution in [3.63, 3.8) is 0 Å². The van der Waals surface area contributed by atoms with E-state index in [0.717, 1.165) is 56.7 Å². The van der Waals surface area contributed by atoms with Gasteiger partial charge in [-0.05, 0) is 84.5 Å². The minimum atomic E-state index is -0.983. The summed E-state index contributed by atoms with van der Waals surface area (Å²) in [7, 11) is 0. The molecule has 4 aliphatic heterocycles. The third-order valence-electron chi connectivity index (χ3n) is 11.2. The van der Waals surface area contributed by atoms with E-state index >= 15 is 0 Å². The van der Waals surface area contributed by atoms with E-state index in [4.69, 9.17) is 5.26 Å². The lowest BCUT2D eigenvalue weighted by atomic mass is 9.83. The topological polar surface area (TPSA) is 168 Å². The first-order valence-corrected chi connectivity index (χ1v) is 18.3. The summed E-state index contributed by atoms with van der Waals surface area (Å²) in [6.07, 6.45) is 8.70. The van der Waals surface area contributed by atoms with Crippen LogP contribution in [0.4, 0.5) is 17.5 Å². The molecule has 0 radical (unpaired) electrons. The summed E-state index contributed by atoms with van der Waals surface area (Å²) in [6, 6.07) is 19.8. The number of rotatable bonds is 8. The molecule has 3 fully saturated rings. The molecule has 3 amide bonds. The number of aliphatic hydroxyl groups is 1. The van der Waals surface area contributed by atoms with Crippen LogP contribution in [0.3, 0.4) is 0 Å². The van der Waals surface area contributed by atoms with Crippen LogP contribution >= 0.6 is 0 Å². The zero-order valence-corrected chi connectivity index (χ0v) is 29.4. The van der Waals surface area contributed by atoms with Crippen LogP contribution in [-0.2, 0) is 28.3 Å². The van der Waals surface area contributed by atoms with Crippen LogP contribution in [0.2, 0.25) is 0 Å². The van der Waals surface area contributed by atoms with E-state index in [1.54, 1.807) is 11.0 Å². The molecule has 6 heterocycles. The van der Waals surface area contributed by atoms with Gasteiger partial charge < -0.3 is 20.2 Å². The van der Waals surface area contributed by atoms with Crippen molar-refractivity contribution in [3.8, 4) is 6.07 Å². The van der Waals surface area contributed by atoms with Crippen molar-refractivity contribution >= 4 is 35.2 Å². The number of amides is 3. The summed E-state index contributed by atoms with van der Waals surface area (Å²) in [6.45, 7) is 4.55. The molecule has 4 aliphatic rings. The van der Waals surface area contributed by atoms with Crippen LogP contribution in [0, 0.1) is 11.3 Å². The Morgan fingerprint density at radius 2 is 1.66 bits per heavy atom. The first kappa shape index (κ1) is 34.4. The molecule has 2 aromatic carbocycles. The maximum Gasteiger partial charge on any atom is 0.255 e. The van der Waals surface area contributed by atoms with E-state index in [-0.39, 0.29) is 18.2 Å². The molecule has 0 aliphatic carbocycles. The number of hydrogen-bond donors (Lipinski definition) is 3. The van der Waals surface area contributed by atoms with Crippen LogP contribution < -0.4 is 15.5 Å². The molecule has 0 saturated carbocycles. The van der Waals surface area contributed by atoms with Gasteiger partial charge in [-0.2, -0.15) is 5.26 Å². The number of aromatic nitrogens is 3. The third kappa shape index (κ3) is 7.20. The highest BCUT2D eigenvalue weighted by Crippen LogP contribution is 2.37. The number of anilines is 3. The molecule has 0 spiro atoms. The minimum absolute atomic E-state index is 0.204. The summed E-state index contributed by atoms with van der Waals surface area (Å²) in [5.74, 6) is 0.583. The van der Waals surface area contributed by atoms with Gasteiger partial charge in [-0.25, -0.2) is 15.0 Å². The van der Waals surface area contributed by atoms with E-state index in [1.807, 2.05) is 30.5 Å². The average molecular weight is 712 g/mol. The maximum atomic E-state index is 13.1. The third-order valence-corrected chi connectivity index (χ3v) is 11.2. The molecule has 0 bridgehead atoms. The highest BCUT2D eigenvalue weighted by molar-refractivity contribution is 6.05. The number of imide groups is 1. The van der Waals surface area contributed by atoms with Gasteiger partial charge in [-0.15, -0.1) is 0 Å². The largest absolute Gasteiger partial charge is 0.385 e. The van der Waals surface area contributed by atoms with Crippen molar-refractivity contribution in [2.75, 3.05) is 36.4 Å². The Balaban J connectivity index is 0.806. The smallest absolute Gasteiger partial charge is 0.255 e. The van der Waals surface area contributed by atoms with Gasteiger partial charge in [-0.3, -0.25) is 24.6 Å². The summed E-state index contributed by atoms with van der Waals surface area (Å²) in [4.78, 5) is 56.4. The molecule has 270 valence electrons. The Morgan fingerprint density at radius 3 is 2.34 bits per heavy atom. The fraction of sp³-hybridized carbons (Fsp3) is 0.375. The van der Waals surface area contributed by atoms with Gasteiger partial charge in [0.15, 0.2) is 0 Å². The van der Waals surface area contributed by atoms with Gasteiger partial charge in [-0.1, -0.05) is 30.3 Å². The Bertz CT molecular complexity index is 2050. The number of likely N-dealkylation sites (tertiary alicyclic amines) is 1. The molecular formula is C40H41N9O4. The second-order valence-corrected chi connectivity index (χ2v) is 14.5. The van der Waals surface area contributed by atoms with Crippen LogP contribution in [0.15, 0.2) is 73.2 Å². The molecule has 1 unspecified atom stereocenters. The monoisotopic (exact) mass is 711 g/mol. The van der Waals surface area contributed by atoms with Gasteiger partial charge in [0.25, 0.3) is 5.91 Å². The summed E-state index contributed by atoms with van der Waals surface area (Å²) in [5.41, 5.74) is 5.30. The SMILES string of the molecule is N#Cc1cnc(Nc2ccc(C3CCN(c4ccc(CN5CCC(O)(c6ccc7c(c6)CN(C6CCC(=O)NC6=O)C7=O)CC5)cc4)CC3)cn2)nc1. The lowest BCUT2D eigenvalue weighted by Crippen LogP contribution is -2.52. The lowest BCUT2D eigenvalue weighted by molar-refractivity contribution is -0.136. The molecule has 2 aromatic heterocycles. The van der Waals surface area contributed by atoms with E-state index in [9.17, 15) is 19.5 Å². The number of benzene rings is 2. The molecule has 13 nitrogen and oxygen atoms in total. The molecule has 53 heavy (non-hydrogen) atoms. The summed E-state index contributed by atoms with van der Waals surface area (Å²) < 4.78 is 0. The molecule has 3 saturated heterocycles. The number of nitriles is 1. The van der Waals surface area contributed by atoms with Gasteiger partial charge in [0.1, 0.15) is 17.9 Å². The van der Waals surface area contributed by atoms with Crippen molar-refractivity contribution in [3.05, 3.63) is 107 Å². The highest BCUT2D eigenvalue weighted by atomic mass is 16.3. The predicted molar refractivity (Wildman–Crippen MR) is 196 cm³/mol. The number of hydrogen-bond acceptors (Lipinski definition) is 11. The van der Waals surface area contributed by atoms with E-state index in [2.05, 4.69) is 65.7 Å². The number of fused-ring (bicyclic) bond motifs is 1. The van der Waals surface area contributed by atoms with Crippen molar-refractivity contribution in [2.24, 2.45) is 0 Å². The highest BCUT2D eigenvalue weighted by Gasteiger charge is 2.41. The van der Waals surface area contributed by atoms with Gasteiger partial charge in [0, 0.05) is 63.1 Å². The van der Waals surface area contributed by atoms with E-state index in [1.165, 1.54) is 29.2 Å². The van der Waals surface area contributed by atoms with Crippen LogP contribution in [0.25, 0.3) is 0 Å².